The number of carbonyl (C=O) groups excluding carboxylic acids is 1. The minimum Gasteiger partial charge on any atom is -0.450 e. The second-order valence-electron chi connectivity index (χ2n) is 3.78. The van der Waals surface area contributed by atoms with Crippen molar-refractivity contribution in [3.63, 3.8) is 0 Å². The van der Waals surface area contributed by atoms with Crippen LogP contribution in [0.4, 0.5) is 4.79 Å². The highest BCUT2D eigenvalue weighted by Gasteiger charge is 2.29. The molecule has 0 aliphatic carbocycles. The third-order valence-electron chi connectivity index (χ3n) is 2.51. The normalized spacial score (nSPS) is 22.1. The van der Waals surface area contributed by atoms with Crippen LogP contribution < -0.4 is 5.32 Å². The summed E-state index contributed by atoms with van der Waals surface area (Å²) >= 11 is 5.39. The Kier molecular flexibility index (Phi) is 5.48. The molecule has 8 heteroatoms. The van der Waals surface area contributed by atoms with E-state index in [2.05, 4.69) is 5.32 Å². The van der Waals surface area contributed by atoms with E-state index in [0.29, 0.717) is 19.6 Å². The van der Waals surface area contributed by atoms with E-state index in [1.54, 1.807) is 6.92 Å². The van der Waals surface area contributed by atoms with Crippen molar-refractivity contribution < 1.29 is 17.9 Å². The van der Waals surface area contributed by atoms with E-state index < -0.39 is 21.3 Å². The number of hydrogen-bond donors (Lipinski definition) is 1. The first kappa shape index (κ1) is 14.5. The third kappa shape index (κ3) is 4.33. The molecule has 1 rings (SSSR count). The average molecular weight is 285 g/mol. The molecule has 1 fully saturated rings. The van der Waals surface area contributed by atoms with Gasteiger partial charge in [-0.05, 0) is 19.8 Å². The van der Waals surface area contributed by atoms with Gasteiger partial charge >= 0.3 is 6.09 Å². The lowest BCUT2D eigenvalue weighted by atomic mass is 10.1. The van der Waals surface area contributed by atoms with Crippen LogP contribution in [0.2, 0.25) is 0 Å². The van der Waals surface area contributed by atoms with E-state index in [1.807, 2.05) is 0 Å². The highest BCUT2D eigenvalue weighted by atomic mass is 35.5. The molecule has 100 valence electrons. The van der Waals surface area contributed by atoms with Gasteiger partial charge in [0.25, 0.3) is 0 Å². The highest BCUT2D eigenvalue weighted by Crippen LogP contribution is 2.15. The van der Waals surface area contributed by atoms with Gasteiger partial charge in [-0.2, -0.15) is 4.31 Å². The average Bonchev–Trinajstić information content (AvgIpc) is 2.29. The van der Waals surface area contributed by atoms with Crippen molar-refractivity contribution in [1.29, 1.82) is 0 Å². The molecule has 0 aromatic rings. The van der Waals surface area contributed by atoms with Crippen molar-refractivity contribution in [1.82, 2.24) is 9.62 Å². The van der Waals surface area contributed by atoms with Gasteiger partial charge in [0.1, 0.15) is 5.21 Å². The van der Waals surface area contributed by atoms with Crippen molar-refractivity contribution in [2.45, 2.75) is 25.8 Å². The number of hydrogen-bond acceptors (Lipinski definition) is 4. The molecule has 1 atom stereocenters. The molecule has 0 bridgehead atoms. The summed E-state index contributed by atoms with van der Waals surface area (Å²) in [5.74, 6) is 0. The van der Waals surface area contributed by atoms with Crippen LogP contribution in [0.15, 0.2) is 0 Å². The number of alkyl carbamates (subject to hydrolysis) is 1. The lowest BCUT2D eigenvalue weighted by molar-refractivity contribution is 0.142. The predicted molar refractivity (Wildman–Crippen MR) is 64.4 cm³/mol. The maximum Gasteiger partial charge on any atom is 0.407 e. The van der Waals surface area contributed by atoms with E-state index in [0.717, 1.165) is 6.42 Å². The summed E-state index contributed by atoms with van der Waals surface area (Å²) in [6, 6.07) is -0.208. The molecule has 6 nitrogen and oxygen atoms in total. The Morgan fingerprint density at radius 1 is 1.59 bits per heavy atom. The minimum absolute atomic E-state index is 0.208. The van der Waals surface area contributed by atoms with Crippen LogP contribution in [0.25, 0.3) is 0 Å². The molecular formula is C9H17ClN2O4S. The van der Waals surface area contributed by atoms with Gasteiger partial charge < -0.3 is 10.1 Å². The summed E-state index contributed by atoms with van der Waals surface area (Å²) in [6.45, 7) is 2.72. The molecule has 1 aliphatic rings. The van der Waals surface area contributed by atoms with Crippen molar-refractivity contribution in [3.8, 4) is 0 Å². The second-order valence-corrected chi connectivity index (χ2v) is 6.34. The smallest absolute Gasteiger partial charge is 0.407 e. The number of ether oxygens (including phenoxy) is 1. The van der Waals surface area contributed by atoms with E-state index in [9.17, 15) is 13.2 Å². The van der Waals surface area contributed by atoms with Gasteiger partial charge in [-0.3, -0.25) is 0 Å². The molecule has 0 saturated carbocycles. The number of piperidine rings is 1. The van der Waals surface area contributed by atoms with Gasteiger partial charge in [-0.1, -0.05) is 0 Å². The first-order valence-electron chi connectivity index (χ1n) is 5.46. The van der Waals surface area contributed by atoms with Crippen LogP contribution in [-0.4, -0.2) is 49.8 Å². The third-order valence-corrected chi connectivity index (χ3v) is 4.73. The van der Waals surface area contributed by atoms with Crippen LogP contribution in [-0.2, 0) is 14.8 Å². The Labute approximate surface area is 106 Å². The van der Waals surface area contributed by atoms with Crippen LogP contribution in [0.1, 0.15) is 19.8 Å². The first-order chi connectivity index (χ1) is 7.99. The molecule has 0 spiro atoms. The Balaban J connectivity index is 2.52. The van der Waals surface area contributed by atoms with Crippen molar-refractivity contribution in [3.05, 3.63) is 0 Å². The number of carbonyl (C=O) groups is 1. The monoisotopic (exact) mass is 284 g/mol. The maximum atomic E-state index is 11.6. The molecule has 1 heterocycles. The zero-order chi connectivity index (χ0) is 12.9. The molecule has 17 heavy (non-hydrogen) atoms. The molecular weight excluding hydrogens is 268 g/mol. The molecule has 1 amide bonds. The summed E-state index contributed by atoms with van der Waals surface area (Å²) in [5, 5.41) is 2.20. The predicted octanol–water partition coefficient (Wildman–Crippen LogP) is 0.723. The second kappa shape index (κ2) is 6.42. The summed E-state index contributed by atoms with van der Waals surface area (Å²) in [4.78, 5) is 11.2. The first-order valence-corrected chi connectivity index (χ1v) is 7.61. The largest absolute Gasteiger partial charge is 0.450 e. The van der Waals surface area contributed by atoms with Gasteiger partial charge in [0, 0.05) is 19.1 Å². The van der Waals surface area contributed by atoms with Crippen LogP contribution in [0.3, 0.4) is 0 Å². The topological polar surface area (TPSA) is 75.7 Å². The van der Waals surface area contributed by atoms with Gasteiger partial charge in [0.2, 0.25) is 10.0 Å². The summed E-state index contributed by atoms with van der Waals surface area (Å²) < 4.78 is 29.2. The molecule has 0 aromatic heterocycles. The summed E-state index contributed by atoms with van der Waals surface area (Å²) in [7, 11) is -3.40. The van der Waals surface area contributed by atoms with Crippen molar-refractivity contribution >= 4 is 27.7 Å². The Morgan fingerprint density at radius 3 is 2.88 bits per heavy atom. The SMILES string of the molecule is CCOC(=O)NC1CCCN(S(=O)(=O)CCl)C1. The van der Waals surface area contributed by atoms with Gasteiger partial charge in [0.15, 0.2) is 0 Å². The number of nitrogens with one attached hydrogen (secondary N) is 1. The number of halogens is 1. The van der Waals surface area contributed by atoms with Crippen LogP contribution >= 0.6 is 11.6 Å². The van der Waals surface area contributed by atoms with Crippen LogP contribution in [0, 0.1) is 0 Å². The molecule has 1 N–H and O–H groups in total. The zero-order valence-corrected chi connectivity index (χ0v) is 11.3. The van der Waals surface area contributed by atoms with Crippen molar-refractivity contribution in [2.75, 3.05) is 24.9 Å². The van der Waals surface area contributed by atoms with Gasteiger partial charge in [0.05, 0.1) is 6.61 Å². The molecule has 0 radical (unpaired) electrons. The van der Waals surface area contributed by atoms with E-state index in [-0.39, 0.29) is 12.6 Å². The Hall–Kier alpha value is -0.530. The van der Waals surface area contributed by atoms with Gasteiger partial charge in [-0.15, -0.1) is 11.6 Å². The number of nitrogens with zero attached hydrogens (tertiary/aromatic N) is 1. The minimum atomic E-state index is -3.40. The van der Waals surface area contributed by atoms with Gasteiger partial charge in [-0.25, -0.2) is 13.2 Å². The highest BCUT2D eigenvalue weighted by molar-refractivity contribution is 7.90. The lowest BCUT2D eigenvalue weighted by Crippen LogP contribution is -2.49. The molecule has 1 aliphatic heterocycles. The number of rotatable bonds is 4. The number of sulfonamides is 1. The zero-order valence-electron chi connectivity index (χ0n) is 9.69. The molecule has 1 saturated heterocycles. The quantitative estimate of drug-likeness (QED) is 0.772. The maximum absolute atomic E-state index is 11.6. The standard InChI is InChI=1S/C9H17ClN2O4S/c1-2-16-9(13)11-8-4-3-5-12(6-8)17(14,15)7-10/h8H,2-7H2,1H3,(H,11,13). The summed E-state index contributed by atoms with van der Waals surface area (Å²) in [5.41, 5.74) is 0. The fourth-order valence-corrected chi connectivity index (χ4v) is 3.09. The fourth-order valence-electron chi connectivity index (χ4n) is 1.72. The molecule has 0 aromatic carbocycles. The number of amides is 1. The number of alkyl halides is 1. The summed E-state index contributed by atoms with van der Waals surface area (Å²) in [6.07, 6.45) is 0.933. The van der Waals surface area contributed by atoms with Crippen molar-refractivity contribution in [2.24, 2.45) is 0 Å². The Morgan fingerprint density at radius 2 is 2.29 bits per heavy atom. The lowest BCUT2D eigenvalue weighted by Gasteiger charge is -2.31. The Bertz CT molecular complexity index is 360. The molecule has 1 unspecified atom stereocenters. The fraction of sp³-hybridized carbons (Fsp3) is 0.889. The van der Waals surface area contributed by atoms with Crippen LogP contribution in [0.5, 0.6) is 0 Å². The van der Waals surface area contributed by atoms with E-state index in [1.165, 1.54) is 4.31 Å². The van der Waals surface area contributed by atoms with E-state index >= 15 is 0 Å². The van der Waals surface area contributed by atoms with E-state index in [4.69, 9.17) is 16.3 Å².